The molecule has 0 unspecified atom stereocenters. The van der Waals surface area contributed by atoms with E-state index in [1.54, 1.807) is 14.0 Å². The summed E-state index contributed by atoms with van der Waals surface area (Å²) in [4.78, 5) is 11.4. The fraction of sp³-hybridized carbons (Fsp3) is 0.308. The summed E-state index contributed by atoms with van der Waals surface area (Å²) in [5.41, 5.74) is 2.69. The van der Waals surface area contributed by atoms with Crippen molar-refractivity contribution in [3.05, 3.63) is 35.4 Å². The van der Waals surface area contributed by atoms with E-state index in [4.69, 9.17) is 4.74 Å². The van der Waals surface area contributed by atoms with Crippen molar-refractivity contribution in [2.45, 2.75) is 20.8 Å². The Kier molecular flexibility index (Phi) is 3.67. The van der Waals surface area contributed by atoms with Gasteiger partial charge in [0.25, 0.3) is 0 Å². The summed E-state index contributed by atoms with van der Waals surface area (Å²) in [6.45, 7) is 5.41. The molecular formula is C13H16O2. The van der Waals surface area contributed by atoms with Crippen LogP contribution in [0.25, 0.3) is 5.57 Å². The second-order valence-corrected chi connectivity index (χ2v) is 3.39. The Morgan fingerprint density at radius 2 is 2.07 bits per heavy atom. The molecule has 0 radical (unpaired) electrons. The van der Waals surface area contributed by atoms with E-state index in [2.05, 4.69) is 0 Å². The molecule has 0 aliphatic carbocycles. The maximum atomic E-state index is 11.4. The van der Waals surface area contributed by atoms with Crippen LogP contribution in [0.15, 0.2) is 24.3 Å². The maximum absolute atomic E-state index is 11.4. The van der Waals surface area contributed by atoms with Crippen molar-refractivity contribution in [2.24, 2.45) is 0 Å². The van der Waals surface area contributed by atoms with Crippen LogP contribution in [0.4, 0.5) is 0 Å². The van der Waals surface area contributed by atoms with Crippen molar-refractivity contribution in [1.29, 1.82) is 0 Å². The molecule has 0 N–H and O–H groups in total. The Morgan fingerprint density at radius 1 is 1.40 bits per heavy atom. The molecule has 1 aromatic carbocycles. The number of carbonyl (C=O) groups is 1. The highest BCUT2D eigenvalue weighted by atomic mass is 16.5. The molecule has 15 heavy (non-hydrogen) atoms. The van der Waals surface area contributed by atoms with Gasteiger partial charge in [-0.1, -0.05) is 18.2 Å². The Balaban J connectivity index is 3.31. The normalized spacial score (nSPS) is 11.3. The van der Waals surface area contributed by atoms with Crippen LogP contribution in [0.2, 0.25) is 0 Å². The predicted molar refractivity (Wildman–Crippen MR) is 62.1 cm³/mol. The highest BCUT2D eigenvalue weighted by molar-refractivity contribution is 6.19. The highest BCUT2D eigenvalue weighted by Gasteiger charge is 2.11. The van der Waals surface area contributed by atoms with E-state index in [1.165, 1.54) is 0 Å². The summed E-state index contributed by atoms with van der Waals surface area (Å²) in [6.07, 6.45) is 1.84. The fourth-order valence-electron chi connectivity index (χ4n) is 1.68. The molecule has 0 amide bonds. The minimum absolute atomic E-state index is 0.0776. The standard InChI is InChI=1S/C13H16O2/c1-5-11(10(3)14)12-7-6-8-13(15-4)9(12)2/h5-8H,1-4H3/b11-5-. The summed E-state index contributed by atoms with van der Waals surface area (Å²) in [6, 6.07) is 5.73. The average molecular weight is 204 g/mol. The number of benzene rings is 1. The number of hydrogen-bond acceptors (Lipinski definition) is 2. The number of ether oxygens (including phenoxy) is 1. The van der Waals surface area contributed by atoms with Crippen molar-refractivity contribution in [1.82, 2.24) is 0 Å². The highest BCUT2D eigenvalue weighted by Crippen LogP contribution is 2.26. The zero-order chi connectivity index (χ0) is 11.4. The monoisotopic (exact) mass is 204 g/mol. The van der Waals surface area contributed by atoms with Gasteiger partial charge < -0.3 is 4.74 Å². The molecule has 2 heteroatoms. The first kappa shape index (κ1) is 11.5. The van der Waals surface area contributed by atoms with Crippen molar-refractivity contribution >= 4 is 11.4 Å². The van der Waals surface area contributed by atoms with Gasteiger partial charge in [-0.25, -0.2) is 0 Å². The maximum Gasteiger partial charge on any atom is 0.160 e. The molecule has 0 saturated heterocycles. The summed E-state index contributed by atoms with van der Waals surface area (Å²) in [7, 11) is 1.63. The number of ketones is 1. The van der Waals surface area contributed by atoms with Crippen molar-refractivity contribution in [2.75, 3.05) is 7.11 Å². The van der Waals surface area contributed by atoms with E-state index in [0.717, 1.165) is 22.4 Å². The number of carbonyl (C=O) groups excluding carboxylic acids is 1. The van der Waals surface area contributed by atoms with Gasteiger partial charge in [-0.15, -0.1) is 0 Å². The molecule has 0 spiro atoms. The zero-order valence-corrected chi connectivity index (χ0v) is 9.63. The van der Waals surface area contributed by atoms with Gasteiger partial charge in [0.1, 0.15) is 5.75 Å². The molecule has 1 aromatic rings. The lowest BCUT2D eigenvalue weighted by Gasteiger charge is -2.11. The molecule has 1 rings (SSSR count). The van der Waals surface area contributed by atoms with E-state index in [9.17, 15) is 4.79 Å². The van der Waals surface area contributed by atoms with Crippen LogP contribution in [-0.2, 0) is 4.79 Å². The molecule has 0 aliphatic rings. The van der Waals surface area contributed by atoms with Gasteiger partial charge in [0.2, 0.25) is 0 Å². The third-order valence-electron chi connectivity index (χ3n) is 2.46. The average Bonchev–Trinajstić information content (AvgIpc) is 2.21. The lowest BCUT2D eigenvalue weighted by atomic mass is 9.97. The molecule has 0 aromatic heterocycles. The van der Waals surface area contributed by atoms with Gasteiger partial charge >= 0.3 is 0 Å². The number of allylic oxidation sites excluding steroid dienone is 2. The van der Waals surface area contributed by atoms with Gasteiger partial charge in [-0.2, -0.15) is 0 Å². The van der Waals surface area contributed by atoms with Crippen LogP contribution in [0.5, 0.6) is 5.75 Å². The molecule has 2 nitrogen and oxygen atoms in total. The van der Waals surface area contributed by atoms with Crippen LogP contribution in [-0.4, -0.2) is 12.9 Å². The topological polar surface area (TPSA) is 26.3 Å². The number of hydrogen-bond donors (Lipinski definition) is 0. The van der Waals surface area contributed by atoms with Crippen molar-refractivity contribution in [3.63, 3.8) is 0 Å². The first-order valence-corrected chi connectivity index (χ1v) is 4.93. The summed E-state index contributed by atoms with van der Waals surface area (Å²) < 4.78 is 5.22. The Hall–Kier alpha value is -1.57. The molecule has 0 saturated carbocycles. The molecular weight excluding hydrogens is 188 g/mol. The largest absolute Gasteiger partial charge is 0.496 e. The molecule has 0 bridgehead atoms. The first-order chi connectivity index (χ1) is 7.11. The van der Waals surface area contributed by atoms with Crippen molar-refractivity contribution < 1.29 is 9.53 Å². The third-order valence-corrected chi connectivity index (χ3v) is 2.46. The smallest absolute Gasteiger partial charge is 0.160 e. The summed E-state index contributed by atoms with van der Waals surface area (Å²) in [5, 5.41) is 0. The van der Waals surface area contributed by atoms with Crippen LogP contribution < -0.4 is 4.74 Å². The Morgan fingerprint density at radius 3 is 2.53 bits per heavy atom. The predicted octanol–water partition coefficient (Wildman–Crippen LogP) is 3.00. The van der Waals surface area contributed by atoms with E-state index in [0.29, 0.717) is 0 Å². The third kappa shape index (κ3) is 2.27. The fourth-order valence-corrected chi connectivity index (χ4v) is 1.68. The molecule has 0 fully saturated rings. The lowest BCUT2D eigenvalue weighted by Crippen LogP contribution is -1.99. The minimum atomic E-state index is 0.0776. The molecule has 80 valence electrons. The van der Waals surface area contributed by atoms with Crippen LogP contribution in [0.1, 0.15) is 25.0 Å². The summed E-state index contributed by atoms with van der Waals surface area (Å²) >= 11 is 0. The van der Waals surface area contributed by atoms with Crippen LogP contribution in [0.3, 0.4) is 0 Å². The Bertz CT molecular complexity index is 403. The van der Waals surface area contributed by atoms with E-state index >= 15 is 0 Å². The molecule has 0 atom stereocenters. The lowest BCUT2D eigenvalue weighted by molar-refractivity contribution is -0.111. The van der Waals surface area contributed by atoms with Crippen LogP contribution >= 0.6 is 0 Å². The Labute approximate surface area is 90.6 Å². The summed E-state index contributed by atoms with van der Waals surface area (Å²) in [5.74, 6) is 0.891. The van der Waals surface area contributed by atoms with Gasteiger partial charge in [0, 0.05) is 5.57 Å². The number of rotatable bonds is 3. The van der Waals surface area contributed by atoms with Gasteiger partial charge in [0.05, 0.1) is 7.11 Å². The van der Waals surface area contributed by atoms with E-state index < -0.39 is 0 Å². The van der Waals surface area contributed by atoms with E-state index in [-0.39, 0.29) is 5.78 Å². The second-order valence-electron chi connectivity index (χ2n) is 3.39. The zero-order valence-electron chi connectivity index (χ0n) is 9.63. The minimum Gasteiger partial charge on any atom is -0.496 e. The molecule has 0 heterocycles. The quantitative estimate of drug-likeness (QED) is 0.707. The van der Waals surface area contributed by atoms with Gasteiger partial charge in [-0.05, 0) is 38.0 Å². The van der Waals surface area contributed by atoms with E-state index in [1.807, 2.05) is 38.1 Å². The van der Waals surface area contributed by atoms with Crippen LogP contribution in [0, 0.1) is 6.92 Å². The number of Topliss-reactive ketones (excluding diaryl/α,β-unsaturated/α-hetero) is 1. The van der Waals surface area contributed by atoms with Gasteiger partial charge in [0.15, 0.2) is 5.78 Å². The van der Waals surface area contributed by atoms with Crippen molar-refractivity contribution in [3.8, 4) is 5.75 Å². The SMILES string of the molecule is C/C=C(/C(C)=O)c1cccc(OC)c1C. The second kappa shape index (κ2) is 4.78. The first-order valence-electron chi connectivity index (χ1n) is 4.93. The van der Waals surface area contributed by atoms with Gasteiger partial charge in [-0.3, -0.25) is 4.79 Å². The number of methoxy groups -OCH3 is 1. The molecule has 0 aliphatic heterocycles.